The van der Waals surface area contributed by atoms with Crippen LogP contribution >= 0.6 is 0 Å². The SMILES string of the molecule is CC(=O)OC(C(=O)O)C(OC(C)=O)C(=O)O.CC(=O)OC(C(=O)O)C(OC(C)=O)C(=O)O.O=C(O)c1ccccc1C(=O)O. The van der Waals surface area contributed by atoms with Gasteiger partial charge >= 0.3 is 59.7 Å². The van der Waals surface area contributed by atoms with Crippen LogP contribution in [0.1, 0.15) is 48.4 Å². The molecule has 44 heavy (non-hydrogen) atoms. The van der Waals surface area contributed by atoms with Crippen LogP contribution in [0, 0.1) is 0 Å². The highest BCUT2D eigenvalue weighted by atomic mass is 16.6. The Morgan fingerprint density at radius 1 is 0.432 bits per heavy atom. The van der Waals surface area contributed by atoms with Gasteiger partial charge in [-0.25, -0.2) is 28.8 Å². The maximum atomic E-state index is 10.6. The highest BCUT2D eigenvalue weighted by molar-refractivity contribution is 6.01. The molecule has 6 N–H and O–H groups in total. The van der Waals surface area contributed by atoms with Crippen LogP contribution < -0.4 is 0 Å². The highest BCUT2D eigenvalue weighted by Gasteiger charge is 2.40. The summed E-state index contributed by atoms with van der Waals surface area (Å²) in [5.74, 6) is -13.3. The summed E-state index contributed by atoms with van der Waals surface area (Å²) < 4.78 is 17.0. The first-order valence-electron chi connectivity index (χ1n) is 11.3. The molecule has 0 saturated heterocycles. The maximum Gasteiger partial charge on any atom is 0.349 e. The number of ether oxygens (including phenoxy) is 4. The van der Waals surface area contributed by atoms with E-state index in [1.54, 1.807) is 0 Å². The fraction of sp³-hybridized carbons (Fsp3) is 0.333. The van der Waals surface area contributed by atoms with Gasteiger partial charge in [-0.3, -0.25) is 19.2 Å². The van der Waals surface area contributed by atoms with Crippen LogP contribution in [0.15, 0.2) is 24.3 Å². The lowest BCUT2D eigenvalue weighted by Crippen LogP contribution is -2.45. The van der Waals surface area contributed by atoms with Gasteiger partial charge in [0.2, 0.25) is 24.4 Å². The Labute approximate surface area is 245 Å². The Balaban J connectivity index is 0. The number of carbonyl (C=O) groups excluding carboxylic acids is 4. The predicted octanol–water partition coefficient (Wildman–Crippen LogP) is -0.879. The minimum Gasteiger partial charge on any atom is -0.478 e. The molecule has 0 heterocycles. The fourth-order valence-corrected chi connectivity index (χ4v) is 2.54. The van der Waals surface area contributed by atoms with Gasteiger partial charge in [-0.15, -0.1) is 0 Å². The molecule has 0 bridgehead atoms. The summed E-state index contributed by atoms with van der Waals surface area (Å²) in [7, 11) is 0. The average molecular weight is 634 g/mol. The largest absolute Gasteiger partial charge is 0.478 e. The Hall–Kier alpha value is -6.08. The van der Waals surface area contributed by atoms with Gasteiger partial charge in [-0.05, 0) is 12.1 Å². The molecular formula is C24H26O20. The van der Waals surface area contributed by atoms with E-state index in [-0.39, 0.29) is 11.1 Å². The van der Waals surface area contributed by atoms with Crippen molar-refractivity contribution in [2.45, 2.75) is 52.1 Å². The number of carboxylic acid groups (broad SMARTS) is 6. The fourth-order valence-electron chi connectivity index (χ4n) is 2.54. The van der Waals surface area contributed by atoms with Gasteiger partial charge < -0.3 is 49.6 Å². The van der Waals surface area contributed by atoms with E-state index in [4.69, 9.17) is 30.6 Å². The van der Waals surface area contributed by atoms with Crippen LogP contribution in [0.4, 0.5) is 0 Å². The molecule has 242 valence electrons. The monoisotopic (exact) mass is 634 g/mol. The van der Waals surface area contributed by atoms with E-state index in [0.717, 1.165) is 27.7 Å². The quantitative estimate of drug-likeness (QED) is 0.120. The molecule has 0 radical (unpaired) electrons. The molecule has 1 aromatic carbocycles. The molecule has 0 spiro atoms. The maximum absolute atomic E-state index is 10.6. The molecule has 20 nitrogen and oxygen atoms in total. The van der Waals surface area contributed by atoms with Crippen LogP contribution in [-0.4, -0.2) is 115 Å². The van der Waals surface area contributed by atoms with E-state index in [1.165, 1.54) is 24.3 Å². The number of rotatable bonds is 12. The Morgan fingerprint density at radius 2 is 0.614 bits per heavy atom. The molecule has 4 atom stereocenters. The zero-order chi connectivity index (χ0) is 34.9. The van der Waals surface area contributed by atoms with Gasteiger partial charge in [-0.1, -0.05) is 12.1 Å². The molecule has 0 amide bonds. The summed E-state index contributed by atoms with van der Waals surface area (Å²) in [5, 5.41) is 51.6. The zero-order valence-electron chi connectivity index (χ0n) is 23.0. The summed E-state index contributed by atoms with van der Waals surface area (Å²) >= 11 is 0. The van der Waals surface area contributed by atoms with Crippen molar-refractivity contribution >= 4 is 59.7 Å². The van der Waals surface area contributed by atoms with Gasteiger partial charge in [0, 0.05) is 27.7 Å². The molecule has 4 unspecified atom stereocenters. The Kier molecular flexibility index (Phi) is 17.4. The Morgan fingerprint density at radius 3 is 0.727 bits per heavy atom. The average Bonchev–Trinajstić information content (AvgIpc) is 2.87. The van der Waals surface area contributed by atoms with Crippen molar-refractivity contribution in [3.63, 3.8) is 0 Å². The van der Waals surface area contributed by atoms with E-state index in [2.05, 4.69) is 18.9 Å². The first-order valence-corrected chi connectivity index (χ1v) is 11.3. The number of aliphatic carboxylic acids is 4. The van der Waals surface area contributed by atoms with E-state index in [1.807, 2.05) is 0 Å². The zero-order valence-corrected chi connectivity index (χ0v) is 23.0. The van der Waals surface area contributed by atoms with Crippen molar-refractivity contribution in [1.29, 1.82) is 0 Å². The van der Waals surface area contributed by atoms with Crippen LogP contribution in [0.3, 0.4) is 0 Å². The van der Waals surface area contributed by atoms with E-state index >= 15 is 0 Å². The number of carbonyl (C=O) groups is 10. The van der Waals surface area contributed by atoms with Crippen LogP contribution in [0.2, 0.25) is 0 Å². The number of aromatic carboxylic acids is 2. The Bertz CT molecular complexity index is 1120. The molecule has 0 aliphatic carbocycles. The molecule has 0 aliphatic rings. The lowest BCUT2D eigenvalue weighted by atomic mass is 10.1. The molecule has 0 aliphatic heterocycles. The molecule has 0 saturated carbocycles. The van der Waals surface area contributed by atoms with Crippen molar-refractivity contribution in [3.8, 4) is 0 Å². The summed E-state index contributed by atoms with van der Waals surface area (Å²) in [6.45, 7) is 3.62. The topological polar surface area (TPSA) is 329 Å². The predicted molar refractivity (Wildman–Crippen MR) is 133 cm³/mol. The van der Waals surface area contributed by atoms with Crippen molar-refractivity contribution in [2.75, 3.05) is 0 Å². The van der Waals surface area contributed by atoms with E-state index in [9.17, 15) is 47.9 Å². The van der Waals surface area contributed by atoms with Gasteiger partial charge in [-0.2, -0.15) is 0 Å². The van der Waals surface area contributed by atoms with E-state index in [0.29, 0.717) is 0 Å². The molecule has 0 fully saturated rings. The first kappa shape index (κ1) is 40.1. The summed E-state index contributed by atoms with van der Waals surface area (Å²) in [6, 6.07) is 5.48. The molecule has 0 aromatic heterocycles. The van der Waals surface area contributed by atoms with E-state index < -0.39 is 84.1 Å². The third kappa shape index (κ3) is 15.6. The lowest BCUT2D eigenvalue weighted by molar-refractivity contribution is -0.185. The number of hydrogen-bond donors (Lipinski definition) is 6. The first-order chi connectivity index (χ1) is 20.1. The summed E-state index contributed by atoms with van der Waals surface area (Å²) in [6.07, 6.45) is -8.28. The second-order valence-corrected chi connectivity index (χ2v) is 7.63. The number of benzene rings is 1. The third-order valence-corrected chi connectivity index (χ3v) is 4.08. The molecular weight excluding hydrogens is 608 g/mol. The molecule has 20 heteroatoms. The molecule has 1 rings (SSSR count). The van der Waals surface area contributed by atoms with Crippen LogP contribution in [0.5, 0.6) is 0 Å². The summed E-state index contributed by atoms with van der Waals surface area (Å²) in [4.78, 5) is 106. The van der Waals surface area contributed by atoms with Gasteiger partial charge in [0.1, 0.15) is 0 Å². The van der Waals surface area contributed by atoms with Crippen molar-refractivity contribution < 1.29 is 97.5 Å². The minimum atomic E-state index is -2.07. The van der Waals surface area contributed by atoms with Crippen molar-refractivity contribution in [3.05, 3.63) is 35.4 Å². The highest BCUT2D eigenvalue weighted by Crippen LogP contribution is 2.09. The van der Waals surface area contributed by atoms with Gasteiger partial charge in [0.15, 0.2) is 0 Å². The van der Waals surface area contributed by atoms with Crippen molar-refractivity contribution in [1.82, 2.24) is 0 Å². The minimum absolute atomic E-state index is 0.190. The number of esters is 4. The molecule has 1 aromatic rings. The third-order valence-electron chi connectivity index (χ3n) is 4.08. The standard InChI is InChI=1S/2C8H10O8.C8H6O4/c2*1-3(9)15-5(7(11)12)6(8(13)14)16-4(2)10;9-7(10)5-3-1-2-4-6(5)8(11)12/h2*5-6H,1-2H3,(H,11,12)(H,13,14);1-4H,(H,9,10)(H,11,12). The lowest BCUT2D eigenvalue weighted by Gasteiger charge is -2.19. The smallest absolute Gasteiger partial charge is 0.349 e. The number of carboxylic acids is 6. The second kappa shape index (κ2) is 19.1. The van der Waals surface area contributed by atoms with Crippen molar-refractivity contribution in [2.24, 2.45) is 0 Å². The number of hydrogen-bond acceptors (Lipinski definition) is 14. The summed E-state index contributed by atoms with van der Waals surface area (Å²) in [5.41, 5.74) is -0.380. The normalized spacial score (nSPS) is 12.3. The van der Waals surface area contributed by atoms with Crippen LogP contribution in [0.25, 0.3) is 0 Å². The van der Waals surface area contributed by atoms with Crippen LogP contribution in [-0.2, 0) is 57.3 Å². The second-order valence-electron chi connectivity index (χ2n) is 7.63. The van der Waals surface area contributed by atoms with Gasteiger partial charge in [0.05, 0.1) is 11.1 Å². The van der Waals surface area contributed by atoms with Gasteiger partial charge in [0.25, 0.3) is 0 Å².